The number of aliphatic hydroxyl groups excluding tert-OH is 2. The van der Waals surface area contributed by atoms with Gasteiger partial charge in [0.15, 0.2) is 12.6 Å². The van der Waals surface area contributed by atoms with Gasteiger partial charge in [-0.15, -0.1) is 0 Å². The van der Waals surface area contributed by atoms with Crippen LogP contribution in [0.1, 0.15) is 114 Å². The number of carbonyl (C=O) groups excluding carboxylic acids is 1. The number of hydrogen-bond donors (Lipinski definition) is 7. The van der Waals surface area contributed by atoms with Gasteiger partial charge in [0.25, 0.3) is 0 Å². The van der Waals surface area contributed by atoms with Crippen LogP contribution >= 0.6 is 0 Å². The molecule has 1 aromatic rings. The number of rotatable bonds is 14. The van der Waals surface area contributed by atoms with Crippen LogP contribution in [0, 0.1) is 17.8 Å². The Morgan fingerprint density at radius 1 is 0.943 bits per heavy atom. The molecule has 1 aromatic carbocycles. The van der Waals surface area contributed by atoms with Crippen LogP contribution in [0.15, 0.2) is 24.3 Å². The van der Waals surface area contributed by atoms with Crippen LogP contribution in [0.2, 0.25) is 0 Å². The van der Waals surface area contributed by atoms with Crippen molar-refractivity contribution in [3.05, 3.63) is 29.8 Å². The zero-order valence-electron chi connectivity index (χ0n) is 43.4. The molecule has 18 atom stereocenters. The molecule has 0 aromatic heterocycles. The van der Waals surface area contributed by atoms with Crippen LogP contribution in [0.25, 0.3) is 0 Å². The maximum Gasteiger partial charge on any atom is 0.416 e. The lowest BCUT2D eigenvalue weighted by Gasteiger charge is -2.53. The molecule has 406 valence electrons. The normalized spacial score (nSPS) is 41.1. The summed E-state index contributed by atoms with van der Waals surface area (Å²) in [5, 5.41) is 66.7. The summed E-state index contributed by atoms with van der Waals surface area (Å²) in [5.74, 6) is -3.41. The average molecular weight is 1030 g/mol. The zero-order chi connectivity index (χ0) is 53.1. The molecule has 0 amide bonds. The molecule has 3 aliphatic rings. The first-order valence-electron chi connectivity index (χ1n) is 24.5. The highest BCUT2D eigenvalue weighted by molar-refractivity contribution is 7.90. The molecule has 0 spiro atoms. The molecule has 7 N–H and O–H groups in total. The van der Waals surface area contributed by atoms with Crippen molar-refractivity contribution >= 4 is 21.9 Å². The quantitative estimate of drug-likeness (QED) is 0.104. The molecule has 0 radical (unpaired) electrons. The molecule has 0 aliphatic carbocycles. The summed E-state index contributed by atoms with van der Waals surface area (Å²) < 4.78 is 108. The summed E-state index contributed by atoms with van der Waals surface area (Å²) in [6.45, 7) is 19.4. The second-order valence-electron chi connectivity index (χ2n) is 20.8. The Balaban J connectivity index is 1.81. The molecular formula is C48H83F3N4O14S. The third-order valence-electron chi connectivity index (χ3n) is 15.1. The van der Waals surface area contributed by atoms with Crippen molar-refractivity contribution in [1.82, 2.24) is 14.9 Å². The Labute approximate surface area is 413 Å². The minimum Gasteiger partial charge on any atom is -0.459 e. The van der Waals surface area contributed by atoms with E-state index in [1.165, 1.54) is 35.1 Å². The van der Waals surface area contributed by atoms with Crippen LogP contribution in [-0.2, 0) is 49.6 Å². The van der Waals surface area contributed by atoms with Crippen LogP contribution < -0.4 is 14.9 Å². The molecule has 22 heteroatoms. The number of benzene rings is 1. The predicted molar refractivity (Wildman–Crippen MR) is 254 cm³/mol. The molecule has 0 bridgehead atoms. The number of anilines is 1. The second kappa shape index (κ2) is 23.5. The summed E-state index contributed by atoms with van der Waals surface area (Å²) in [6.07, 6.45) is -15.1. The molecule has 0 unspecified atom stereocenters. The van der Waals surface area contributed by atoms with Crippen molar-refractivity contribution in [3.63, 3.8) is 0 Å². The van der Waals surface area contributed by atoms with Gasteiger partial charge in [-0.3, -0.25) is 9.10 Å². The number of carbonyl (C=O) groups is 1. The van der Waals surface area contributed by atoms with Crippen LogP contribution in [0.3, 0.4) is 0 Å². The molecule has 3 fully saturated rings. The Bertz CT molecular complexity index is 1950. The van der Waals surface area contributed by atoms with Crippen molar-refractivity contribution in [2.45, 2.75) is 204 Å². The highest BCUT2D eigenvalue weighted by atomic mass is 32.2. The van der Waals surface area contributed by atoms with E-state index in [2.05, 4.69) is 10.6 Å². The van der Waals surface area contributed by atoms with Gasteiger partial charge in [0.2, 0.25) is 0 Å². The maximum atomic E-state index is 14.5. The minimum absolute atomic E-state index is 0.0157. The number of hydrogen-bond acceptors (Lipinski definition) is 16. The van der Waals surface area contributed by atoms with Gasteiger partial charge in [-0.2, -0.15) is 25.9 Å². The van der Waals surface area contributed by atoms with Crippen molar-refractivity contribution in [3.8, 4) is 0 Å². The lowest BCUT2D eigenvalue weighted by atomic mass is 9.75. The summed E-state index contributed by atoms with van der Waals surface area (Å²) in [5.41, 5.74) is -7.59. The number of likely N-dealkylation sites (N-methyl/N-ethyl adjacent to an activating group) is 1. The Morgan fingerprint density at radius 2 is 1.56 bits per heavy atom. The number of nitrogens with one attached hydrogen (secondary N) is 2. The smallest absolute Gasteiger partial charge is 0.416 e. The number of methoxy groups -OCH3 is 1. The van der Waals surface area contributed by atoms with Gasteiger partial charge in [-0.1, -0.05) is 27.7 Å². The number of esters is 1. The molecule has 18 nitrogen and oxygen atoms in total. The van der Waals surface area contributed by atoms with E-state index in [4.69, 9.17) is 28.4 Å². The van der Waals surface area contributed by atoms with Crippen molar-refractivity contribution < 1.29 is 80.3 Å². The second-order valence-corrected chi connectivity index (χ2v) is 22.8. The Hall–Kier alpha value is -2.29. The van der Waals surface area contributed by atoms with E-state index in [9.17, 15) is 51.9 Å². The average Bonchev–Trinajstić information content (AvgIpc) is 3.28. The minimum atomic E-state index is -4.64. The van der Waals surface area contributed by atoms with Gasteiger partial charge in [0.05, 0.1) is 53.2 Å². The van der Waals surface area contributed by atoms with E-state index in [0.717, 1.165) is 39.3 Å². The molecule has 3 aliphatic heterocycles. The standard InChI is InChI=1S/C48H83F3N4O14S/c1-15-21-52-26-47(61)32(8)66-37(24-45(47,10)64-14)68-39-29(5)41(44(9,59)23-27(3)25-53-31(7)40(57)46(11,60)36(16-2)67-42(58)30(39)6)69-43-38(56)35(22-28(4)65-43)55(13)70(62,63)54(12)34-19-17-33(18-20-34)48(49,50)51/h17-20,27-32,35-41,43,52-53,56-57,59-61H,15-16,21-26H2,1-14H3/t27-,28-,29+,30-,31-,32-,35+,36-,37+,38-,39+,40-,41-,43+,44-,45-,46-,47-/m1/s1. The van der Waals surface area contributed by atoms with Crippen molar-refractivity contribution in [2.75, 3.05) is 45.1 Å². The first kappa shape index (κ1) is 60.3. The third kappa shape index (κ3) is 13.1. The van der Waals surface area contributed by atoms with Crippen molar-refractivity contribution in [2.24, 2.45) is 17.8 Å². The largest absolute Gasteiger partial charge is 0.459 e. The molecule has 3 saturated heterocycles. The van der Waals surface area contributed by atoms with E-state index in [-0.39, 0.29) is 50.4 Å². The zero-order valence-corrected chi connectivity index (χ0v) is 44.2. The van der Waals surface area contributed by atoms with E-state index in [0.29, 0.717) is 6.54 Å². The van der Waals surface area contributed by atoms with Crippen molar-refractivity contribution in [1.29, 1.82) is 0 Å². The first-order chi connectivity index (χ1) is 32.2. The van der Waals surface area contributed by atoms with Gasteiger partial charge in [-0.25, -0.2) is 0 Å². The number of cyclic esters (lactones) is 1. The number of alkyl halides is 3. The number of aliphatic hydroxyl groups is 5. The number of halogens is 3. The molecule has 4 rings (SSSR count). The highest BCUT2D eigenvalue weighted by Crippen LogP contribution is 2.43. The summed E-state index contributed by atoms with van der Waals surface area (Å²) in [7, 11) is -0.646. The fourth-order valence-corrected chi connectivity index (χ4v) is 11.7. The SMILES string of the molecule is CCCNC[C@@]1(O)[C@@H](C)O[C@@H](O[C@H]2[C@H](C)[C@@H](O[C@@H]3O[C@H](C)C[C@H](N(C)S(=O)(=O)N(C)c4ccc(C(F)(F)F)cc4)[C@H]3O)[C@](C)(O)C[C@@H](C)CN[C@H](C)[C@@H](O)[C@](C)(O)[C@@H](CC)OC(=O)[C@@H]2C)C[C@@]1(C)OC. The lowest BCUT2D eigenvalue weighted by molar-refractivity contribution is -0.336. The molecule has 70 heavy (non-hydrogen) atoms. The highest BCUT2D eigenvalue weighted by Gasteiger charge is 2.58. The molecule has 3 heterocycles. The summed E-state index contributed by atoms with van der Waals surface area (Å²) in [6, 6.07) is 1.66. The molecular weight excluding hydrogens is 946 g/mol. The van der Waals surface area contributed by atoms with Gasteiger partial charge < -0.3 is 64.6 Å². The Morgan fingerprint density at radius 3 is 2.11 bits per heavy atom. The Kier molecular flexibility index (Phi) is 20.2. The molecule has 0 saturated carbocycles. The van der Waals surface area contributed by atoms with E-state index < -0.39 is 130 Å². The number of ether oxygens (including phenoxy) is 6. The van der Waals surface area contributed by atoms with E-state index >= 15 is 0 Å². The van der Waals surface area contributed by atoms with Crippen LogP contribution in [0.5, 0.6) is 0 Å². The van der Waals surface area contributed by atoms with Gasteiger partial charge in [0.1, 0.15) is 35.1 Å². The van der Waals surface area contributed by atoms with Gasteiger partial charge in [0, 0.05) is 46.1 Å². The van der Waals surface area contributed by atoms with E-state index in [1.54, 1.807) is 48.5 Å². The monoisotopic (exact) mass is 1030 g/mol. The number of nitrogens with zero attached hydrogens (tertiary/aromatic N) is 2. The van der Waals surface area contributed by atoms with Crippen LogP contribution in [0.4, 0.5) is 18.9 Å². The lowest BCUT2D eigenvalue weighted by Crippen LogP contribution is -2.70. The predicted octanol–water partition coefficient (Wildman–Crippen LogP) is 3.70. The summed E-state index contributed by atoms with van der Waals surface area (Å²) in [4.78, 5) is 14.5. The van der Waals surface area contributed by atoms with Gasteiger partial charge in [-0.05, 0) is 117 Å². The third-order valence-corrected chi connectivity index (χ3v) is 17.0. The summed E-state index contributed by atoms with van der Waals surface area (Å²) >= 11 is 0. The fraction of sp³-hybridized carbons (Fsp3) is 0.854. The van der Waals surface area contributed by atoms with E-state index in [1.807, 2.05) is 13.8 Å². The topological polar surface area (TPSA) is 238 Å². The maximum absolute atomic E-state index is 14.5. The van der Waals surface area contributed by atoms with Gasteiger partial charge >= 0.3 is 22.4 Å². The van der Waals surface area contributed by atoms with Crippen LogP contribution in [-0.4, -0.2) is 175 Å². The first-order valence-corrected chi connectivity index (χ1v) is 25.9. The fourth-order valence-electron chi connectivity index (χ4n) is 10.4.